The summed E-state index contributed by atoms with van der Waals surface area (Å²) >= 11 is 13.7. The van der Waals surface area contributed by atoms with Crippen molar-refractivity contribution in [2.24, 2.45) is 0 Å². The van der Waals surface area contributed by atoms with Crippen LogP contribution in [-0.2, 0) is 5.75 Å². The number of halogens is 2. The Morgan fingerprint density at radius 3 is 2.25 bits per heavy atom. The van der Waals surface area contributed by atoms with Crippen LogP contribution >= 0.6 is 35.0 Å². The highest BCUT2D eigenvalue weighted by atomic mass is 35.5. The summed E-state index contributed by atoms with van der Waals surface area (Å²) in [4.78, 5) is 9.90. The fraction of sp³-hybridized carbons (Fsp3) is 0.176. The van der Waals surface area contributed by atoms with Crippen molar-refractivity contribution in [2.45, 2.75) is 10.6 Å². The van der Waals surface area contributed by atoms with Gasteiger partial charge in [-0.25, -0.2) is 9.97 Å². The molecule has 4 nitrogen and oxygen atoms in total. The van der Waals surface area contributed by atoms with E-state index >= 15 is 0 Å². The predicted molar refractivity (Wildman–Crippen MR) is 98.7 cm³/mol. The molecule has 0 spiro atoms. The molecule has 0 atom stereocenters. The van der Waals surface area contributed by atoms with Gasteiger partial charge in [0.15, 0.2) is 0 Å². The summed E-state index contributed by atoms with van der Waals surface area (Å²) in [5.74, 6) is 1.53. The van der Waals surface area contributed by atoms with Crippen molar-refractivity contribution in [3.8, 4) is 11.8 Å². The molecule has 0 radical (unpaired) electrons. The maximum atomic E-state index is 6.05. The van der Waals surface area contributed by atoms with Crippen molar-refractivity contribution in [3.05, 3.63) is 52.0 Å². The van der Waals surface area contributed by atoms with Gasteiger partial charge in [-0.3, -0.25) is 0 Å². The second kappa shape index (κ2) is 7.47. The zero-order valence-corrected chi connectivity index (χ0v) is 15.4. The minimum atomic E-state index is 0.374. The average molecular weight is 381 g/mol. The molecule has 3 aromatic rings. The van der Waals surface area contributed by atoms with Gasteiger partial charge in [0, 0.05) is 10.6 Å². The number of hydrogen-bond acceptors (Lipinski definition) is 5. The van der Waals surface area contributed by atoms with Gasteiger partial charge in [0.1, 0.15) is 0 Å². The van der Waals surface area contributed by atoms with Crippen molar-refractivity contribution in [1.29, 1.82) is 0 Å². The van der Waals surface area contributed by atoms with Crippen LogP contribution in [0.5, 0.6) is 11.8 Å². The van der Waals surface area contributed by atoms with Gasteiger partial charge in [-0.15, -0.1) is 11.8 Å². The summed E-state index contributed by atoms with van der Waals surface area (Å²) in [5.41, 5.74) is 2.65. The number of thioether (sulfide) groups is 1. The summed E-state index contributed by atoms with van der Waals surface area (Å²) < 4.78 is 10.4. The van der Waals surface area contributed by atoms with Crippen LogP contribution in [0.4, 0.5) is 0 Å². The molecule has 0 bridgehead atoms. The van der Waals surface area contributed by atoms with Crippen LogP contribution < -0.4 is 9.47 Å². The highest BCUT2D eigenvalue weighted by Gasteiger charge is 2.10. The summed E-state index contributed by atoms with van der Waals surface area (Å²) in [7, 11) is 3.09. The molecule has 2 aromatic carbocycles. The molecule has 0 aliphatic rings. The van der Waals surface area contributed by atoms with Crippen molar-refractivity contribution >= 4 is 46.0 Å². The maximum Gasteiger partial charge on any atom is 0.278 e. The van der Waals surface area contributed by atoms with E-state index in [1.54, 1.807) is 32.0 Å². The summed E-state index contributed by atoms with van der Waals surface area (Å²) in [6.07, 6.45) is 0. The van der Waals surface area contributed by atoms with Gasteiger partial charge in [0.05, 0.1) is 35.3 Å². The second-order valence-electron chi connectivity index (χ2n) is 4.93. The highest BCUT2D eigenvalue weighted by molar-refractivity contribution is 7.98. The van der Waals surface area contributed by atoms with Crippen LogP contribution in [0.1, 0.15) is 5.56 Å². The Hall–Kier alpha value is -1.69. The third-order valence-corrected chi connectivity index (χ3v) is 5.15. The molecule has 0 fully saturated rings. The monoisotopic (exact) mass is 380 g/mol. The fourth-order valence-corrected chi connectivity index (χ4v) is 3.40. The Labute approximate surface area is 154 Å². The second-order valence-corrected chi connectivity index (χ2v) is 6.79. The summed E-state index contributed by atoms with van der Waals surface area (Å²) in [6, 6.07) is 11.6. The molecule has 0 N–H and O–H groups in total. The van der Waals surface area contributed by atoms with Crippen molar-refractivity contribution < 1.29 is 9.47 Å². The van der Waals surface area contributed by atoms with Crippen molar-refractivity contribution in [1.82, 2.24) is 9.97 Å². The third kappa shape index (κ3) is 3.69. The van der Waals surface area contributed by atoms with Crippen LogP contribution in [0.2, 0.25) is 10.0 Å². The molecule has 0 unspecified atom stereocenters. The fourth-order valence-electron chi connectivity index (χ4n) is 2.16. The predicted octanol–water partition coefficient (Wildman–Crippen LogP) is 5.25. The van der Waals surface area contributed by atoms with E-state index in [1.807, 2.05) is 30.3 Å². The Morgan fingerprint density at radius 1 is 0.875 bits per heavy atom. The number of ether oxygens (including phenoxy) is 2. The van der Waals surface area contributed by atoms with E-state index in [-0.39, 0.29) is 0 Å². The van der Waals surface area contributed by atoms with Gasteiger partial charge >= 0.3 is 0 Å². The molecule has 0 aliphatic heterocycles. The molecule has 0 aliphatic carbocycles. The molecule has 7 heteroatoms. The van der Waals surface area contributed by atoms with Crippen LogP contribution in [0.15, 0.2) is 41.3 Å². The molecule has 24 heavy (non-hydrogen) atoms. The first-order valence-corrected chi connectivity index (χ1v) is 8.81. The molecule has 0 amide bonds. The first kappa shape index (κ1) is 17.1. The molecular weight excluding hydrogens is 367 g/mol. The van der Waals surface area contributed by atoms with E-state index in [9.17, 15) is 0 Å². The topological polar surface area (TPSA) is 44.2 Å². The Balaban J connectivity index is 1.83. The first-order valence-electron chi connectivity index (χ1n) is 7.07. The standard InChI is InChI=1S/C17H14Cl2N2O2S/c1-22-16-17(23-2)21-15-7-10(3-6-14(15)20-16)9-24-11-4-5-12(18)13(19)8-11/h3-8H,9H2,1-2H3. The van der Waals surface area contributed by atoms with Gasteiger partial charge in [0.2, 0.25) is 0 Å². The molecule has 0 saturated heterocycles. The van der Waals surface area contributed by atoms with Gasteiger partial charge in [-0.2, -0.15) is 0 Å². The SMILES string of the molecule is COc1nc2ccc(CSc3ccc(Cl)c(Cl)c3)cc2nc1OC. The molecule has 0 saturated carbocycles. The molecule has 124 valence electrons. The van der Waals surface area contributed by atoms with Crippen LogP contribution in [0.3, 0.4) is 0 Å². The Bertz CT molecular complexity index is 890. The number of hydrogen-bond donors (Lipinski definition) is 0. The lowest BCUT2D eigenvalue weighted by Gasteiger charge is -2.08. The normalized spacial score (nSPS) is 10.8. The van der Waals surface area contributed by atoms with Gasteiger partial charge in [-0.05, 0) is 35.9 Å². The Kier molecular flexibility index (Phi) is 5.33. The largest absolute Gasteiger partial charge is 0.477 e. The van der Waals surface area contributed by atoms with E-state index in [2.05, 4.69) is 9.97 Å². The maximum absolute atomic E-state index is 6.05. The number of nitrogens with zero attached hydrogens (tertiary/aromatic N) is 2. The van der Waals surface area contributed by atoms with E-state index in [1.165, 1.54) is 0 Å². The van der Waals surface area contributed by atoms with Crippen LogP contribution in [0, 0.1) is 0 Å². The van der Waals surface area contributed by atoms with Crippen molar-refractivity contribution in [3.63, 3.8) is 0 Å². The Morgan fingerprint density at radius 2 is 1.58 bits per heavy atom. The van der Waals surface area contributed by atoms with Gasteiger partial charge < -0.3 is 9.47 Å². The molecular formula is C17H14Cl2N2O2S. The molecule has 1 heterocycles. The van der Waals surface area contributed by atoms with Crippen LogP contribution in [0.25, 0.3) is 11.0 Å². The van der Waals surface area contributed by atoms with Gasteiger partial charge in [-0.1, -0.05) is 29.3 Å². The lowest BCUT2D eigenvalue weighted by molar-refractivity contribution is 0.334. The minimum Gasteiger partial charge on any atom is -0.477 e. The van der Waals surface area contributed by atoms with Crippen LogP contribution in [-0.4, -0.2) is 24.2 Å². The third-order valence-electron chi connectivity index (χ3n) is 3.35. The zero-order chi connectivity index (χ0) is 17.1. The average Bonchev–Trinajstić information content (AvgIpc) is 2.61. The van der Waals surface area contributed by atoms with E-state index in [0.29, 0.717) is 21.8 Å². The molecule has 1 aromatic heterocycles. The smallest absolute Gasteiger partial charge is 0.278 e. The summed E-state index contributed by atoms with van der Waals surface area (Å²) in [6.45, 7) is 0. The quantitative estimate of drug-likeness (QED) is 0.565. The number of benzene rings is 2. The number of fused-ring (bicyclic) bond motifs is 1. The van der Waals surface area contributed by atoms with E-state index in [0.717, 1.165) is 27.2 Å². The van der Waals surface area contributed by atoms with E-state index < -0.39 is 0 Å². The van der Waals surface area contributed by atoms with E-state index in [4.69, 9.17) is 32.7 Å². The van der Waals surface area contributed by atoms with Gasteiger partial charge in [0.25, 0.3) is 11.8 Å². The summed E-state index contributed by atoms with van der Waals surface area (Å²) in [5, 5.41) is 1.12. The number of rotatable bonds is 5. The first-order chi connectivity index (χ1) is 11.6. The minimum absolute atomic E-state index is 0.374. The zero-order valence-electron chi connectivity index (χ0n) is 13.0. The lowest BCUT2D eigenvalue weighted by Crippen LogP contribution is -1.97. The highest BCUT2D eigenvalue weighted by Crippen LogP contribution is 2.31. The number of methoxy groups -OCH3 is 2. The van der Waals surface area contributed by atoms with Crippen molar-refractivity contribution in [2.75, 3.05) is 14.2 Å². The lowest BCUT2D eigenvalue weighted by atomic mass is 10.2. The number of aromatic nitrogens is 2. The molecule has 3 rings (SSSR count).